The maximum atomic E-state index is 12.7. The van der Waals surface area contributed by atoms with Crippen molar-refractivity contribution in [3.63, 3.8) is 0 Å². The van der Waals surface area contributed by atoms with Crippen LogP contribution >= 0.6 is 11.6 Å². The maximum Gasteiger partial charge on any atom is 0.234 e. The molecule has 0 spiro atoms. The number of imide groups is 1. The Morgan fingerprint density at radius 3 is 1.95 bits per heavy atom. The zero-order valence-electron chi connectivity index (χ0n) is 11.5. The summed E-state index contributed by atoms with van der Waals surface area (Å²) in [5.41, 5.74) is 0.944. The Bertz CT molecular complexity index is 605. The minimum Gasteiger partial charge on any atom is -0.278 e. The van der Waals surface area contributed by atoms with E-state index in [1.165, 1.54) is 4.90 Å². The molecule has 2 bridgehead atoms. The third-order valence-electron chi connectivity index (χ3n) is 5.10. The normalized spacial score (nSPS) is 33.7. The highest BCUT2D eigenvalue weighted by Gasteiger charge is 2.56. The molecule has 3 aliphatic carbocycles. The lowest BCUT2D eigenvalue weighted by molar-refractivity contribution is -0.140. The van der Waals surface area contributed by atoms with Gasteiger partial charge in [-0.25, -0.2) is 0 Å². The van der Waals surface area contributed by atoms with Crippen molar-refractivity contribution >= 4 is 23.4 Å². The van der Waals surface area contributed by atoms with Crippen molar-refractivity contribution in [2.75, 3.05) is 0 Å². The highest BCUT2D eigenvalue weighted by molar-refractivity contribution is 6.30. The fraction of sp³-hybridized carbons (Fsp3) is 0.412. The second-order valence-electron chi connectivity index (χ2n) is 6.23. The van der Waals surface area contributed by atoms with E-state index in [9.17, 15) is 9.59 Å². The molecule has 1 aromatic rings. The van der Waals surface area contributed by atoms with Crippen molar-refractivity contribution in [2.45, 2.75) is 19.4 Å². The van der Waals surface area contributed by atoms with Crippen LogP contribution in [0.15, 0.2) is 36.4 Å². The average Bonchev–Trinajstić information content (AvgIpc) is 2.78. The minimum absolute atomic E-state index is 0.0130. The number of rotatable bonds is 2. The SMILES string of the molecule is O=C1[C@H]2[C@H](C(=O)N1Cc1ccc(Cl)cc1)[C@H]1C=C[C@H]2CC1. The fourth-order valence-corrected chi connectivity index (χ4v) is 4.19. The standard InChI is InChI=1S/C17H16ClNO2/c18-13-7-1-10(2-8-13)9-19-16(20)14-11-3-4-12(6-5-11)15(14)17(19)21/h1-4,7-8,11-12,14-15H,5-6,9H2/t11-,12-,14+,15+/m0/s1. The van der Waals surface area contributed by atoms with Gasteiger partial charge in [0.1, 0.15) is 0 Å². The van der Waals surface area contributed by atoms with E-state index < -0.39 is 0 Å². The lowest BCUT2D eigenvalue weighted by Crippen LogP contribution is -2.38. The Hall–Kier alpha value is -1.61. The van der Waals surface area contributed by atoms with Gasteiger partial charge < -0.3 is 0 Å². The largest absolute Gasteiger partial charge is 0.278 e. The van der Waals surface area contributed by atoms with E-state index in [1.807, 2.05) is 12.1 Å². The molecule has 2 amide bonds. The van der Waals surface area contributed by atoms with Gasteiger partial charge in [-0.3, -0.25) is 14.5 Å². The Balaban J connectivity index is 1.61. The van der Waals surface area contributed by atoms with Crippen molar-refractivity contribution < 1.29 is 9.59 Å². The molecular weight excluding hydrogens is 286 g/mol. The molecule has 0 aromatic heterocycles. The number of benzene rings is 1. The number of hydrogen-bond donors (Lipinski definition) is 0. The van der Waals surface area contributed by atoms with Gasteiger partial charge in [-0.2, -0.15) is 0 Å². The molecule has 0 N–H and O–H groups in total. The summed E-state index contributed by atoms with van der Waals surface area (Å²) < 4.78 is 0. The fourth-order valence-electron chi connectivity index (χ4n) is 4.06. The lowest BCUT2D eigenvalue weighted by atomic mass is 9.63. The third-order valence-corrected chi connectivity index (χ3v) is 5.36. The molecule has 1 aliphatic heterocycles. The van der Waals surface area contributed by atoms with Crippen LogP contribution in [0.3, 0.4) is 0 Å². The maximum absolute atomic E-state index is 12.7. The predicted molar refractivity (Wildman–Crippen MR) is 79.3 cm³/mol. The van der Waals surface area contributed by atoms with Crippen molar-refractivity contribution in [3.8, 4) is 0 Å². The van der Waals surface area contributed by atoms with E-state index >= 15 is 0 Å². The zero-order valence-corrected chi connectivity index (χ0v) is 12.3. The van der Waals surface area contributed by atoms with Gasteiger partial charge in [0.05, 0.1) is 18.4 Å². The van der Waals surface area contributed by atoms with Crippen LogP contribution in [0.2, 0.25) is 5.02 Å². The summed E-state index contributed by atoms with van der Waals surface area (Å²) in [5.74, 6) is 0.304. The quantitative estimate of drug-likeness (QED) is 0.622. The Kier molecular flexibility index (Phi) is 2.93. The zero-order chi connectivity index (χ0) is 14.6. The van der Waals surface area contributed by atoms with Crippen molar-refractivity contribution in [1.82, 2.24) is 4.90 Å². The van der Waals surface area contributed by atoms with E-state index in [4.69, 9.17) is 11.6 Å². The van der Waals surface area contributed by atoms with Crippen LogP contribution in [-0.2, 0) is 16.1 Å². The Morgan fingerprint density at radius 1 is 0.952 bits per heavy atom. The van der Waals surface area contributed by atoms with Crippen molar-refractivity contribution in [3.05, 3.63) is 47.0 Å². The summed E-state index contributed by atoms with van der Waals surface area (Å²) in [6, 6.07) is 7.33. The van der Waals surface area contributed by atoms with E-state index in [0.29, 0.717) is 11.6 Å². The van der Waals surface area contributed by atoms with Crippen LogP contribution in [0.25, 0.3) is 0 Å². The number of allylic oxidation sites excluding steroid dienone is 2. The highest BCUT2D eigenvalue weighted by Crippen LogP contribution is 2.49. The molecule has 1 heterocycles. The summed E-state index contributed by atoms with van der Waals surface area (Å²) >= 11 is 5.88. The average molecular weight is 302 g/mol. The molecule has 3 nitrogen and oxygen atoms in total. The van der Waals surface area contributed by atoms with Crippen LogP contribution < -0.4 is 0 Å². The van der Waals surface area contributed by atoms with Crippen LogP contribution in [0.5, 0.6) is 0 Å². The first kappa shape index (κ1) is 13.1. The monoisotopic (exact) mass is 301 g/mol. The van der Waals surface area contributed by atoms with Gasteiger partial charge in [0.15, 0.2) is 0 Å². The number of halogens is 1. The Labute approximate surface area is 128 Å². The second-order valence-corrected chi connectivity index (χ2v) is 6.67. The number of carbonyl (C=O) groups excluding carboxylic acids is 2. The van der Waals surface area contributed by atoms with Gasteiger partial charge in [0.25, 0.3) is 0 Å². The molecule has 4 heteroatoms. The van der Waals surface area contributed by atoms with Gasteiger partial charge in [-0.1, -0.05) is 35.9 Å². The molecule has 1 aromatic carbocycles. The molecule has 0 radical (unpaired) electrons. The minimum atomic E-state index is -0.117. The third kappa shape index (κ3) is 1.95. The van der Waals surface area contributed by atoms with Gasteiger partial charge in [-0.05, 0) is 42.4 Å². The van der Waals surface area contributed by atoms with Crippen molar-refractivity contribution in [1.29, 1.82) is 0 Å². The number of amides is 2. The van der Waals surface area contributed by atoms with E-state index in [1.54, 1.807) is 12.1 Å². The number of carbonyl (C=O) groups is 2. The van der Waals surface area contributed by atoms with Crippen LogP contribution in [0.4, 0.5) is 0 Å². The first-order chi connectivity index (χ1) is 10.1. The molecule has 4 aliphatic rings. The molecule has 5 rings (SSSR count). The smallest absolute Gasteiger partial charge is 0.234 e. The van der Waals surface area contributed by atoms with Crippen LogP contribution in [0, 0.1) is 23.7 Å². The number of likely N-dealkylation sites (tertiary alicyclic amines) is 1. The molecule has 0 unspecified atom stereocenters. The summed E-state index contributed by atoms with van der Waals surface area (Å²) in [6.07, 6.45) is 6.37. The molecule has 2 fully saturated rings. The molecule has 108 valence electrons. The van der Waals surface area contributed by atoms with Gasteiger partial charge >= 0.3 is 0 Å². The number of fused-ring (bicyclic) bond motifs is 1. The summed E-state index contributed by atoms with van der Waals surface area (Å²) in [6.45, 7) is 0.362. The molecule has 1 saturated carbocycles. The summed E-state index contributed by atoms with van der Waals surface area (Å²) in [4.78, 5) is 26.8. The molecule has 1 saturated heterocycles. The number of nitrogens with zero attached hydrogens (tertiary/aromatic N) is 1. The van der Waals surface area contributed by atoms with Crippen LogP contribution in [-0.4, -0.2) is 16.7 Å². The van der Waals surface area contributed by atoms with E-state index in [2.05, 4.69) is 12.2 Å². The van der Waals surface area contributed by atoms with E-state index in [-0.39, 0.29) is 35.5 Å². The molecule has 21 heavy (non-hydrogen) atoms. The van der Waals surface area contributed by atoms with E-state index in [0.717, 1.165) is 18.4 Å². The Morgan fingerprint density at radius 2 is 1.48 bits per heavy atom. The second kappa shape index (κ2) is 4.70. The van der Waals surface area contributed by atoms with Crippen molar-refractivity contribution in [2.24, 2.45) is 23.7 Å². The first-order valence-electron chi connectivity index (χ1n) is 7.43. The van der Waals surface area contributed by atoms with Gasteiger partial charge in [-0.15, -0.1) is 0 Å². The van der Waals surface area contributed by atoms with Gasteiger partial charge in [0.2, 0.25) is 11.8 Å². The molecular formula is C17H16ClNO2. The van der Waals surface area contributed by atoms with Crippen LogP contribution in [0.1, 0.15) is 18.4 Å². The lowest BCUT2D eigenvalue weighted by Gasteiger charge is -2.38. The predicted octanol–water partition coefficient (Wildman–Crippen LogP) is 3.04. The summed E-state index contributed by atoms with van der Waals surface area (Å²) in [7, 11) is 0. The molecule has 4 atom stereocenters. The van der Waals surface area contributed by atoms with Gasteiger partial charge in [0, 0.05) is 5.02 Å². The highest BCUT2D eigenvalue weighted by atomic mass is 35.5. The number of hydrogen-bond acceptors (Lipinski definition) is 2. The topological polar surface area (TPSA) is 37.4 Å². The summed E-state index contributed by atoms with van der Waals surface area (Å²) in [5, 5.41) is 0.661. The first-order valence-corrected chi connectivity index (χ1v) is 7.81.